The molecule has 1 heterocycles. The van der Waals surface area contributed by atoms with Crippen molar-refractivity contribution in [3.05, 3.63) is 46.5 Å². The fraction of sp³-hybridized carbons (Fsp3) is 0.231. The summed E-state index contributed by atoms with van der Waals surface area (Å²) in [4.78, 5) is 18.0. The second-order valence-corrected chi connectivity index (χ2v) is 3.96. The molecule has 106 valence electrons. The number of nitrogens with one attached hydrogen (secondary N) is 1. The van der Waals surface area contributed by atoms with E-state index in [1.165, 1.54) is 18.2 Å². The van der Waals surface area contributed by atoms with Crippen LogP contribution in [0.4, 0.5) is 13.2 Å². The first kappa shape index (κ1) is 14.1. The maximum atomic E-state index is 12.4. The van der Waals surface area contributed by atoms with Crippen LogP contribution in [0.5, 0.6) is 5.75 Å². The van der Waals surface area contributed by atoms with Crippen molar-refractivity contribution in [2.24, 2.45) is 0 Å². The molecule has 0 aliphatic carbocycles. The van der Waals surface area contributed by atoms with Gasteiger partial charge in [-0.25, -0.2) is 4.98 Å². The van der Waals surface area contributed by atoms with Gasteiger partial charge in [-0.1, -0.05) is 19.1 Å². The van der Waals surface area contributed by atoms with Gasteiger partial charge in [0.25, 0.3) is 5.56 Å². The van der Waals surface area contributed by atoms with E-state index < -0.39 is 6.36 Å². The fourth-order valence-electron chi connectivity index (χ4n) is 1.86. The van der Waals surface area contributed by atoms with Crippen molar-refractivity contribution in [3.8, 4) is 17.0 Å². The Balaban J connectivity index is 2.59. The highest BCUT2D eigenvalue weighted by Crippen LogP contribution is 2.33. The number of nitrogens with zero attached hydrogens (tertiary/aromatic N) is 1. The molecule has 1 aromatic carbocycles. The Morgan fingerprint density at radius 1 is 1.30 bits per heavy atom. The number of halogens is 3. The molecule has 1 aromatic heterocycles. The Kier molecular flexibility index (Phi) is 3.78. The number of benzene rings is 1. The molecule has 0 spiro atoms. The van der Waals surface area contributed by atoms with Crippen molar-refractivity contribution < 1.29 is 17.9 Å². The standard InChI is InChI=1S/C13H11F3N2O2/c1-2-8-11(17-7-18-12(8)19)9-5-3-4-6-10(9)20-13(14,15)16/h3-7H,2H2,1H3,(H,17,18,19). The van der Waals surface area contributed by atoms with Crippen LogP contribution in [0.3, 0.4) is 0 Å². The summed E-state index contributed by atoms with van der Waals surface area (Å²) in [5, 5.41) is 0. The Morgan fingerprint density at radius 2 is 2.00 bits per heavy atom. The van der Waals surface area contributed by atoms with E-state index in [1.54, 1.807) is 13.0 Å². The SMILES string of the molecule is CCc1c(-c2ccccc2OC(F)(F)F)nc[nH]c1=O. The van der Waals surface area contributed by atoms with Crippen molar-refractivity contribution in [2.45, 2.75) is 19.7 Å². The summed E-state index contributed by atoms with van der Waals surface area (Å²) >= 11 is 0. The van der Waals surface area contributed by atoms with E-state index in [4.69, 9.17) is 0 Å². The third-order valence-corrected chi connectivity index (χ3v) is 2.67. The number of H-pyrrole nitrogens is 1. The van der Waals surface area contributed by atoms with E-state index in [0.29, 0.717) is 12.0 Å². The third-order valence-electron chi connectivity index (χ3n) is 2.67. The van der Waals surface area contributed by atoms with E-state index >= 15 is 0 Å². The van der Waals surface area contributed by atoms with Crippen molar-refractivity contribution in [3.63, 3.8) is 0 Å². The molecule has 0 radical (unpaired) electrons. The summed E-state index contributed by atoms with van der Waals surface area (Å²) in [5.41, 5.74) is 0.258. The van der Waals surface area contributed by atoms with E-state index in [2.05, 4.69) is 14.7 Å². The van der Waals surface area contributed by atoms with E-state index in [-0.39, 0.29) is 22.6 Å². The highest BCUT2D eigenvalue weighted by atomic mass is 19.4. The quantitative estimate of drug-likeness (QED) is 0.942. The Hall–Kier alpha value is -2.31. The summed E-state index contributed by atoms with van der Waals surface area (Å²) in [6.07, 6.45) is -3.30. The van der Waals surface area contributed by atoms with Crippen molar-refractivity contribution >= 4 is 0 Å². The number of hydrogen-bond donors (Lipinski definition) is 1. The molecule has 0 bridgehead atoms. The number of ether oxygens (including phenoxy) is 1. The minimum Gasteiger partial charge on any atom is -0.405 e. The lowest BCUT2D eigenvalue weighted by molar-refractivity contribution is -0.274. The van der Waals surface area contributed by atoms with Gasteiger partial charge in [-0.3, -0.25) is 4.79 Å². The van der Waals surface area contributed by atoms with Crippen LogP contribution >= 0.6 is 0 Å². The van der Waals surface area contributed by atoms with Crippen molar-refractivity contribution in [1.29, 1.82) is 0 Å². The average Bonchev–Trinajstić information content (AvgIpc) is 2.37. The number of rotatable bonds is 3. The topological polar surface area (TPSA) is 55.0 Å². The van der Waals surface area contributed by atoms with Crippen LogP contribution in [0.25, 0.3) is 11.3 Å². The average molecular weight is 284 g/mol. The predicted octanol–water partition coefficient (Wildman–Crippen LogP) is 2.90. The van der Waals surface area contributed by atoms with Crippen LogP contribution in [-0.2, 0) is 6.42 Å². The Bertz CT molecular complexity index is 665. The molecule has 0 aliphatic rings. The molecule has 2 aromatic rings. The molecular weight excluding hydrogens is 273 g/mol. The number of para-hydroxylation sites is 1. The lowest BCUT2D eigenvalue weighted by atomic mass is 10.0. The lowest BCUT2D eigenvalue weighted by Gasteiger charge is -2.14. The van der Waals surface area contributed by atoms with Gasteiger partial charge in [0.2, 0.25) is 0 Å². The summed E-state index contributed by atoms with van der Waals surface area (Å²) in [6, 6.07) is 5.59. The zero-order valence-corrected chi connectivity index (χ0v) is 10.5. The third kappa shape index (κ3) is 2.98. The molecule has 20 heavy (non-hydrogen) atoms. The van der Waals surface area contributed by atoms with Gasteiger partial charge in [-0.2, -0.15) is 0 Å². The minimum absolute atomic E-state index is 0.132. The maximum absolute atomic E-state index is 12.4. The van der Waals surface area contributed by atoms with Gasteiger partial charge < -0.3 is 9.72 Å². The van der Waals surface area contributed by atoms with Crippen molar-refractivity contribution in [1.82, 2.24) is 9.97 Å². The van der Waals surface area contributed by atoms with Gasteiger partial charge in [0.1, 0.15) is 5.75 Å². The highest BCUT2D eigenvalue weighted by molar-refractivity contribution is 5.69. The second kappa shape index (κ2) is 5.36. The van der Waals surface area contributed by atoms with Crippen LogP contribution < -0.4 is 10.3 Å². The molecule has 7 heteroatoms. The Morgan fingerprint density at radius 3 is 2.65 bits per heavy atom. The van der Waals surface area contributed by atoms with Gasteiger partial charge in [0.15, 0.2) is 0 Å². The number of alkyl halides is 3. The Labute approximate surface area is 112 Å². The van der Waals surface area contributed by atoms with E-state index in [9.17, 15) is 18.0 Å². The largest absolute Gasteiger partial charge is 0.573 e. The summed E-state index contributed by atoms with van der Waals surface area (Å²) in [5.74, 6) is -0.382. The smallest absolute Gasteiger partial charge is 0.405 e. The van der Waals surface area contributed by atoms with Crippen LogP contribution in [0.1, 0.15) is 12.5 Å². The number of aromatic amines is 1. The molecule has 0 saturated heterocycles. The lowest BCUT2D eigenvalue weighted by Crippen LogP contribution is -2.18. The zero-order valence-electron chi connectivity index (χ0n) is 10.5. The molecule has 0 fully saturated rings. The number of aromatic nitrogens is 2. The van der Waals surface area contributed by atoms with Gasteiger partial charge in [-0.15, -0.1) is 13.2 Å². The van der Waals surface area contributed by atoms with Crippen LogP contribution in [0, 0.1) is 0 Å². The highest BCUT2D eigenvalue weighted by Gasteiger charge is 2.32. The van der Waals surface area contributed by atoms with Gasteiger partial charge in [0.05, 0.1) is 12.0 Å². The predicted molar refractivity (Wildman–Crippen MR) is 66.4 cm³/mol. The molecule has 2 rings (SSSR count). The summed E-state index contributed by atoms with van der Waals surface area (Å²) in [6.45, 7) is 1.73. The molecule has 0 unspecified atom stereocenters. The van der Waals surface area contributed by atoms with Gasteiger partial charge in [-0.05, 0) is 18.6 Å². The molecule has 0 atom stereocenters. The molecular formula is C13H11F3N2O2. The van der Waals surface area contributed by atoms with Crippen molar-refractivity contribution in [2.75, 3.05) is 0 Å². The van der Waals surface area contributed by atoms with Crippen LogP contribution in [-0.4, -0.2) is 16.3 Å². The number of hydrogen-bond acceptors (Lipinski definition) is 3. The van der Waals surface area contributed by atoms with Crippen LogP contribution in [0.15, 0.2) is 35.4 Å². The molecule has 1 N–H and O–H groups in total. The molecule has 0 amide bonds. The maximum Gasteiger partial charge on any atom is 0.573 e. The summed E-state index contributed by atoms with van der Waals surface area (Å²) < 4.78 is 41.1. The zero-order chi connectivity index (χ0) is 14.8. The monoisotopic (exact) mass is 284 g/mol. The van der Waals surface area contributed by atoms with Gasteiger partial charge >= 0.3 is 6.36 Å². The van der Waals surface area contributed by atoms with Crippen LogP contribution in [0.2, 0.25) is 0 Å². The molecule has 4 nitrogen and oxygen atoms in total. The molecule has 0 saturated carbocycles. The molecule has 0 aliphatic heterocycles. The van der Waals surface area contributed by atoms with E-state index in [0.717, 1.165) is 6.33 Å². The van der Waals surface area contributed by atoms with Gasteiger partial charge in [0, 0.05) is 11.1 Å². The first-order chi connectivity index (χ1) is 9.42. The van der Waals surface area contributed by atoms with E-state index in [1.807, 2.05) is 0 Å². The first-order valence-electron chi connectivity index (χ1n) is 5.84. The normalized spacial score (nSPS) is 11.4. The first-order valence-corrected chi connectivity index (χ1v) is 5.84. The fourth-order valence-corrected chi connectivity index (χ4v) is 1.86. The second-order valence-electron chi connectivity index (χ2n) is 3.96. The minimum atomic E-state index is -4.80. The summed E-state index contributed by atoms with van der Waals surface area (Å²) in [7, 11) is 0.